The third-order valence-corrected chi connectivity index (χ3v) is 4.92. The van der Waals surface area contributed by atoms with Gasteiger partial charge in [0.05, 0.1) is 28.5 Å². The Bertz CT molecular complexity index is 624. The second kappa shape index (κ2) is 6.30. The smallest absolute Gasteiger partial charge is 0.129 e. The van der Waals surface area contributed by atoms with Gasteiger partial charge in [0.2, 0.25) is 0 Å². The molecule has 1 fully saturated rings. The number of hydrogen-bond acceptors (Lipinski definition) is 5. The van der Waals surface area contributed by atoms with E-state index >= 15 is 0 Å². The maximum Gasteiger partial charge on any atom is 0.129 e. The summed E-state index contributed by atoms with van der Waals surface area (Å²) in [5, 5.41) is 4.19. The molecule has 6 heteroatoms. The van der Waals surface area contributed by atoms with Gasteiger partial charge in [-0.15, -0.1) is 11.3 Å². The number of thiazole rings is 1. The van der Waals surface area contributed by atoms with E-state index in [9.17, 15) is 0 Å². The van der Waals surface area contributed by atoms with Crippen molar-refractivity contribution in [3.05, 3.63) is 38.9 Å². The van der Waals surface area contributed by atoms with Crippen LogP contribution in [0.3, 0.4) is 0 Å². The van der Waals surface area contributed by atoms with Crippen molar-refractivity contribution in [3.8, 4) is 0 Å². The predicted octanol–water partition coefficient (Wildman–Crippen LogP) is 3.39. The van der Waals surface area contributed by atoms with E-state index in [2.05, 4.69) is 15.2 Å². The molecule has 0 spiro atoms. The van der Waals surface area contributed by atoms with Crippen LogP contribution in [0.2, 0.25) is 5.02 Å². The number of halogens is 1. The minimum absolute atomic E-state index is 0.657. The highest BCUT2D eigenvalue weighted by atomic mass is 35.5. The molecule has 0 aliphatic heterocycles. The van der Waals surface area contributed by atoms with Gasteiger partial charge in [0.15, 0.2) is 0 Å². The lowest BCUT2D eigenvalue weighted by Gasteiger charge is -2.19. The molecular weight excluding hydrogens is 304 g/mol. The molecule has 0 bridgehead atoms. The van der Waals surface area contributed by atoms with Gasteiger partial charge in [0.1, 0.15) is 5.82 Å². The summed E-state index contributed by atoms with van der Waals surface area (Å²) >= 11 is 7.93. The third-order valence-electron chi connectivity index (χ3n) is 3.66. The molecule has 1 N–H and O–H groups in total. The predicted molar refractivity (Wildman–Crippen MR) is 88.1 cm³/mol. The van der Waals surface area contributed by atoms with Gasteiger partial charge in [-0.3, -0.25) is 0 Å². The Morgan fingerprint density at radius 1 is 1.43 bits per heavy atom. The summed E-state index contributed by atoms with van der Waals surface area (Å²) in [7, 11) is 2.05. The van der Waals surface area contributed by atoms with Crippen molar-refractivity contribution < 1.29 is 0 Å². The highest BCUT2D eigenvalue weighted by Gasteiger charge is 2.21. The highest BCUT2D eigenvalue weighted by molar-refractivity contribution is 7.09. The molecule has 0 aromatic carbocycles. The molecule has 21 heavy (non-hydrogen) atoms. The van der Waals surface area contributed by atoms with Gasteiger partial charge in [0, 0.05) is 24.5 Å². The highest BCUT2D eigenvalue weighted by Crippen LogP contribution is 2.24. The van der Waals surface area contributed by atoms with Crippen molar-refractivity contribution in [1.82, 2.24) is 15.3 Å². The second-order valence-electron chi connectivity index (χ2n) is 5.47. The lowest BCUT2D eigenvalue weighted by atomic mass is 10.3. The van der Waals surface area contributed by atoms with E-state index < -0.39 is 0 Å². The van der Waals surface area contributed by atoms with Gasteiger partial charge in [-0.25, -0.2) is 9.97 Å². The van der Waals surface area contributed by atoms with Gasteiger partial charge in [-0.2, -0.15) is 0 Å². The zero-order valence-corrected chi connectivity index (χ0v) is 13.8. The van der Waals surface area contributed by atoms with Crippen LogP contribution in [-0.4, -0.2) is 23.1 Å². The minimum atomic E-state index is 0.657. The van der Waals surface area contributed by atoms with Crippen molar-refractivity contribution in [1.29, 1.82) is 0 Å². The monoisotopic (exact) mass is 322 g/mol. The number of nitrogens with zero attached hydrogens (tertiary/aromatic N) is 3. The molecule has 1 saturated carbocycles. The zero-order valence-electron chi connectivity index (χ0n) is 12.3. The number of nitrogens with one attached hydrogen (secondary N) is 1. The number of hydrogen-bond donors (Lipinski definition) is 1. The third kappa shape index (κ3) is 3.73. The molecule has 2 aromatic heterocycles. The summed E-state index contributed by atoms with van der Waals surface area (Å²) in [6.07, 6.45) is 2.53. The fourth-order valence-corrected chi connectivity index (χ4v) is 3.11. The van der Waals surface area contributed by atoms with Crippen LogP contribution in [0.1, 0.15) is 29.1 Å². The topological polar surface area (TPSA) is 41.1 Å². The number of aromatic nitrogens is 2. The molecule has 3 rings (SSSR count). The van der Waals surface area contributed by atoms with E-state index in [1.54, 1.807) is 11.3 Å². The lowest BCUT2D eigenvalue weighted by Crippen LogP contribution is -2.20. The fourth-order valence-electron chi connectivity index (χ4n) is 2.11. The van der Waals surface area contributed by atoms with Gasteiger partial charge >= 0.3 is 0 Å². The molecule has 2 aromatic rings. The van der Waals surface area contributed by atoms with Crippen molar-refractivity contribution in [2.45, 2.75) is 38.9 Å². The first-order chi connectivity index (χ1) is 10.1. The lowest BCUT2D eigenvalue weighted by molar-refractivity contribution is 0.673. The molecule has 0 atom stereocenters. The summed E-state index contributed by atoms with van der Waals surface area (Å²) in [5.74, 6) is 0.944. The Morgan fingerprint density at radius 2 is 2.24 bits per heavy atom. The average molecular weight is 323 g/mol. The van der Waals surface area contributed by atoms with Gasteiger partial charge in [-0.05, 0) is 31.9 Å². The van der Waals surface area contributed by atoms with Crippen LogP contribution in [0.25, 0.3) is 0 Å². The summed E-state index contributed by atoms with van der Waals surface area (Å²) in [6.45, 7) is 3.60. The summed E-state index contributed by atoms with van der Waals surface area (Å²) < 4.78 is 0. The van der Waals surface area contributed by atoms with Gasteiger partial charge in [0.25, 0.3) is 0 Å². The van der Waals surface area contributed by atoms with Crippen molar-refractivity contribution in [2.24, 2.45) is 0 Å². The van der Waals surface area contributed by atoms with Gasteiger partial charge in [-0.1, -0.05) is 11.6 Å². The van der Waals surface area contributed by atoms with E-state index in [0.717, 1.165) is 35.3 Å². The van der Waals surface area contributed by atoms with Crippen LogP contribution in [-0.2, 0) is 13.1 Å². The van der Waals surface area contributed by atoms with Crippen LogP contribution >= 0.6 is 22.9 Å². The van der Waals surface area contributed by atoms with E-state index in [0.29, 0.717) is 6.04 Å². The summed E-state index contributed by atoms with van der Waals surface area (Å²) in [5.41, 5.74) is 3.91. The molecular formula is C15H19ClN4S. The molecule has 1 aliphatic carbocycles. The molecule has 0 radical (unpaired) electrons. The van der Waals surface area contributed by atoms with Crippen LogP contribution in [0, 0.1) is 6.92 Å². The molecule has 2 heterocycles. The maximum atomic E-state index is 6.24. The quantitative estimate of drug-likeness (QED) is 0.885. The van der Waals surface area contributed by atoms with Crippen LogP contribution < -0.4 is 10.2 Å². The Hall–Kier alpha value is -1.17. The van der Waals surface area contributed by atoms with E-state index in [4.69, 9.17) is 16.6 Å². The fraction of sp³-hybridized carbons (Fsp3) is 0.467. The first-order valence-corrected chi connectivity index (χ1v) is 8.38. The second-order valence-corrected chi connectivity index (χ2v) is 6.82. The number of aryl methyl sites for hydroxylation is 1. The normalized spacial score (nSPS) is 14.4. The average Bonchev–Trinajstić information content (AvgIpc) is 3.22. The standard InChI is InChI=1S/C15H19ClN4S/c1-10-14(21-9-18-10)8-20(2)15-6-5-12(16)13(19-15)7-17-11-3-4-11/h5-6,9,11,17H,3-4,7-8H2,1-2H3. The zero-order chi connectivity index (χ0) is 14.8. The first-order valence-electron chi connectivity index (χ1n) is 7.12. The SMILES string of the molecule is Cc1ncsc1CN(C)c1ccc(Cl)c(CNC2CC2)n1. The van der Waals surface area contributed by atoms with Gasteiger partial charge < -0.3 is 10.2 Å². The summed E-state index contributed by atoms with van der Waals surface area (Å²) in [6, 6.07) is 4.56. The maximum absolute atomic E-state index is 6.24. The van der Waals surface area contributed by atoms with Crippen molar-refractivity contribution in [2.75, 3.05) is 11.9 Å². The largest absolute Gasteiger partial charge is 0.354 e. The Labute approximate surface area is 134 Å². The Balaban J connectivity index is 1.71. The Kier molecular flexibility index (Phi) is 4.42. The van der Waals surface area contributed by atoms with Crippen molar-refractivity contribution in [3.63, 3.8) is 0 Å². The van der Waals surface area contributed by atoms with E-state index in [1.165, 1.54) is 17.7 Å². The summed E-state index contributed by atoms with van der Waals surface area (Å²) in [4.78, 5) is 12.4. The molecule has 4 nitrogen and oxygen atoms in total. The molecule has 0 unspecified atom stereocenters. The Morgan fingerprint density at radius 3 is 2.90 bits per heavy atom. The number of anilines is 1. The first kappa shape index (κ1) is 14.8. The van der Waals surface area contributed by atoms with E-state index in [-0.39, 0.29) is 0 Å². The number of pyridine rings is 1. The van der Waals surface area contributed by atoms with E-state index in [1.807, 2.05) is 31.6 Å². The molecule has 112 valence electrons. The minimum Gasteiger partial charge on any atom is -0.354 e. The van der Waals surface area contributed by atoms with Crippen LogP contribution in [0.5, 0.6) is 0 Å². The molecule has 0 saturated heterocycles. The van der Waals surface area contributed by atoms with Crippen LogP contribution in [0.15, 0.2) is 17.6 Å². The molecule has 1 aliphatic rings. The molecule has 0 amide bonds. The van der Waals surface area contributed by atoms with Crippen molar-refractivity contribution >= 4 is 28.8 Å². The van der Waals surface area contributed by atoms with Crippen LogP contribution in [0.4, 0.5) is 5.82 Å². The number of rotatable bonds is 6.